The summed E-state index contributed by atoms with van der Waals surface area (Å²) in [7, 11) is 0. The van der Waals surface area contributed by atoms with Gasteiger partial charge in [0.25, 0.3) is 11.8 Å². The van der Waals surface area contributed by atoms with Crippen molar-refractivity contribution in [1.82, 2.24) is 31.1 Å². The molecular formula is C24H34N6O4. The van der Waals surface area contributed by atoms with Crippen molar-refractivity contribution in [2.75, 3.05) is 52.4 Å². The van der Waals surface area contributed by atoms with E-state index in [1.165, 1.54) is 0 Å². The fourth-order valence-electron chi connectivity index (χ4n) is 4.70. The lowest BCUT2D eigenvalue weighted by molar-refractivity contribution is -0.136. The number of carbonyl (C=O) groups excluding carboxylic acids is 4. The molecule has 0 aromatic heterocycles. The fraction of sp³-hybridized carbons (Fsp3) is 0.583. The van der Waals surface area contributed by atoms with Gasteiger partial charge in [-0.25, -0.2) is 0 Å². The Bertz CT molecular complexity index is 922. The minimum atomic E-state index is -0.939. The molecule has 2 fully saturated rings. The summed E-state index contributed by atoms with van der Waals surface area (Å²) in [6.07, 6.45) is 2.38. The van der Waals surface area contributed by atoms with Gasteiger partial charge in [0, 0.05) is 39.1 Å². The van der Waals surface area contributed by atoms with Crippen molar-refractivity contribution in [2.45, 2.75) is 38.3 Å². The molecule has 1 unspecified atom stereocenters. The number of nitrogens with one attached hydrogen (secondary N) is 4. The quantitative estimate of drug-likeness (QED) is 0.434. The fourth-order valence-corrected chi connectivity index (χ4v) is 4.70. The summed E-state index contributed by atoms with van der Waals surface area (Å²) in [6.45, 7) is 8.24. The highest BCUT2D eigenvalue weighted by molar-refractivity contribution is 6.23. The molecule has 0 aliphatic carbocycles. The van der Waals surface area contributed by atoms with E-state index in [0.29, 0.717) is 17.7 Å². The van der Waals surface area contributed by atoms with Crippen LogP contribution in [0.1, 0.15) is 52.0 Å². The number of amides is 4. The zero-order valence-corrected chi connectivity index (χ0v) is 19.5. The molecule has 3 aliphatic rings. The summed E-state index contributed by atoms with van der Waals surface area (Å²) in [5.74, 6) is -1.89. The zero-order valence-electron chi connectivity index (χ0n) is 19.5. The number of fused-ring (bicyclic) bond motifs is 1. The molecule has 4 rings (SSSR count). The molecule has 34 heavy (non-hydrogen) atoms. The van der Waals surface area contributed by atoms with Crippen molar-refractivity contribution in [2.24, 2.45) is 0 Å². The average Bonchev–Trinajstić information content (AvgIpc) is 3.06. The number of imide groups is 2. The van der Waals surface area contributed by atoms with Crippen LogP contribution in [0.25, 0.3) is 0 Å². The van der Waals surface area contributed by atoms with E-state index in [9.17, 15) is 19.2 Å². The number of benzene rings is 1. The first kappa shape index (κ1) is 24.5. The van der Waals surface area contributed by atoms with Crippen LogP contribution >= 0.6 is 0 Å². The minimum absolute atomic E-state index is 0.115. The van der Waals surface area contributed by atoms with Gasteiger partial charge in [-0.2, -0.15) is 0 Å². The third-order valence-electron chi connectivity index (χ3n) is 6.53. The molecule has 0 bridgehead atoms. The maximum atomic E-state index is 13.1. The number of nitrogens with zero attached hydrogens (tertiary/aromatic N) is 2. The van der Waals surface area contributed by atoms with E-state index in [0.717, 1.165) is 75.7 Å². The van der Waals surface area contributed by atoms with Gasteiger partial charge in [0.1, 0.15) is 6.04 Å². The second kappa shape index (κ2) is 11.7. The maximum Gasteiger partial charge on any atom is 0.262 e. The van der Waals surface area contributed by atoms with Crippen LogP contribution in [0, 0.1) is 0 Å². The van der Waals surface area contributed by atoms with Crippen LogP contribution < -0.4 is 21.3 Å². The van der Waals surface area contributed by atoms with Gasteiger partial charge in [-0.15, -0.1) is 0 Å². The Morgan fingerprint density at radius 3 is 2.26 bits per heavy atom. The lowest BCUT2D eigenvalue weighted by Gasteiger charge is -2.27. The van der Waals surface area contributed by atoms with Gasteiger partial charge < -0.3 is 16.0 Å². The van der Waals surface area contributed by atoms with Crippen molar-refractivity contribution in [3.63, 3.8) is 0 Å². The van der Waals surface area contributed by atoms with Gasteiger partial charge in [0.15, 0.2) is 0 Å². The SMILES string of the molecule is O=C1CCC(N2C(=O)c3ccc(CN4CCCNCCNCCCNCC4)cc3C2=O)C(=O)N1. The summed E-state index contributed by atoms with van der Waals surface area (Å²) in [5, 5.41) is 12.6. The molecular weight excluding hydrogens is 436 g/mol. The van der Waals surface area contributed by atoms with Crippen LogP contribution in [-0.2, 0) is 16.1 Å². The van der Waals surface area contributed by atoms with Crippen molar-refractivity contribution in [1.29, 1.82) is 0 Å². The zero-order chi connectivity index (χ0) is 23.9. The van der Waals surface area contributed by atoms with E-state index in [2.05, 4.69) is 26.2 Å². The Hall–Kier alpha value is -2.66. The van der Waals surface area contributed by atoms with Crippen LogP contribution in [-0.4, -0.2) is 91.8 Å². The van der Waals surface area contributed by atoms with Gasteiger partial charge in [-0.3, -0.25) is 34.3 Å². The Morgan fingerprint density at radius 1 is 0.794 bits per heavy atom. The molecule has 4 amide bonds. The maximum absolute atomic E-state index is 13.1. The molecule has 10 nitrogen and oxygen atoms in total. The Kier molecular flexibility index (Phi) is 8.39. The topological polar surface area (TPSA) is 123 Å². The standard InChI is InChI=1S/C24H34N6O4/c31-21-6-5-20(22(32)28-21)30-23(33)18-4-3-17(15-19(18)24(30)34)16-29-13-2-9-26-11-10-25-7-1-8-27-12-14-29/h3-4,15,20,25-27H,1-2,5-14,16H2,(H,28,31,32). The molecule has 10 heteroatoms. The van der Waals surface area contributed by atoms with Crippen LogP contribution in [0.15, 0.2) is 18.2 Å². The van der Waals surface area contributed by atoms with Gasteiger partial charge in [0.2, 0.25) is 11.8 Å². The Morgan fingerprint density at radius 2 is 1.50 bits per heavy atom. The molecule has 3 aliphatic heterocycles. The number of hydrogen-bond donors (Lipinski definition) is 4. The molecule has 2 saturated heterocycles. The van der Waals surface area contributed by atoms with Crippen molar-refractivity contribution >= 4 is 23.6 Å². The largest absolute Gasteiger partial charge is 0.315 e. The monoisotopic (exact) mass is 470 g/mol. The second-order valence-electron chi connectivity index (χ2n) is 9.06. The van der Waals surface area contributed by atoms with E-state index in [4.69, 9.17) is 0 Å². The van der Waals surface area contributed by atoms with E-state index < -0.39 is 23.8 Å². The molecule has 1 atom stereocenters. The van der Waals surface area contributed by atoms with Gasteiger partial charge >= 0.3 is 0 Å². The van der Waals surface area contributed by atoms with E-state index in [1.807, 2.05) is 6.07 Å². The minimum Gasteiger partial charge on any atom is -0.315 e. The number of carbonyl (C=O) groups is 4. The Labute approximate surface area is 199 Å². The summed E-state index contributed by atoms with van der Waals surface area (Å²) in [5.41, 5.74) is 1.61. The molecule has 184 valence electrons. The number of piperidine rings is 1. The van der Waals surface area contributed by atoms with E-state index in [1.54, 1.807) is 12.1 Å². The van der Waals surface area contributed by atoms with Crippen LogP contribution in [0.5, 0.6) is 0 Å². The normalized spacial score (nSPS) is 24.0. The van der Waals surface area contributed by atoms with E-state index in [-0.39, 0.29) is 18.7 Å². The lowest BCUT2D eigenvalue weighted by Crippen LogP contribution is -2.54. The smallest absolute Gasteiger partial charge is 0.262 e. The highest BCUT2D eigenvalue weighted by Crippen LogP contribution is 2.28. The summed E-state index contributed by atoms with van der Waals surface area (Å²) >= 11 is 0. The lowest BCUT2D eigenvalue weighted by atomic mass is 10.0. The molecule has 0 radical (unpaired) electrons. The molecule has 0 spiro atoms. The molecule has 3 heterocycles. The second-order valence-corrected chi connectivity index (χ2v) is 9.06. The molecule has 4 N–H and O–H groups in total. The van der Waals surface area contributed by atoms with Crippen molar-refractivity contribution < 1.29 is 19.2 Å². The van der Waals surface area contributed by atoms with Crippen molar-refractivity contribution in [3.8, 4) is 0 Å². The summed E-state index contributed by atoms with van der Waals surface area (Å²) in [6, 6.07) is 4.42. The van der Waals surface area contributed by atoms with Crippen LogP contribution in [0.3, 0.4) is 0 Å². The first-order valence-electron chi connectivity index (χ1n) is 12.2. The molecule has 1 aromatic rings. The summed E-state index contributed by atoms with van der Waals surface area (Å²) in [4.78, 5) is 53.1. The van der Waals surface area contributed by atoms with Gasteiger partial charge in [-0.1, -0.05) is 6.07 Å². The third-order valence-corrected chi connectivity index (χ3v) is 6.53. The van der Waals surface area contributed by atoms with Crippen molar-refractivity contribution in [3.05, 3.63) is 34.9 Å². The van der Waals surface area contributed by atoms with Crippen LogP contribution in [0.4, 0.5) is 0 Å². The third kappa shape index (κ3) is 5.87. The highest BCUT2D eigenvalue weighted by Gasteiger charge is 2.44. The highest BCUT2D eigenvalue weighted by atomic mass is 16.2. The van der Waals surface area contributed by atoms with Gasteiger partial charge in [0.05, 0.1) is 11.1 Å². The predicted molar refractivity (Wildman–Crippen MR) is 126 cm³/mol. The first-order valence-corrected chi connectivity index (χ1v) is 12.2. The Balaban J connectivity index is 1.42. The van der Waals surface area contributed by atoms with Crippen LogP contribution in [0.2, 0.25) is 0 Å². The van der Waals surface area contributed by atoms with Gasteiger partial charge in [-0.05, 0) is 63.1 Å². The summed E-state index contributed by atoms with van der Waals surface area (Å²) < 4.78 is 0. The average molecular weight is 471 g/mol. The number of rotatable bonds is 3. The number of hydrogen-bond acceptors (Lipinski definition) is 8. The van der Waals surface area contributed by atoms with E-state index >= 15 is 0 Å². The predicted octanol–water partition coefficient (Wildman–Crippen LogP) is -0.548. The molecule has 0 saturated carbocycles. The molecule has 1 aromatic carbocycles. The first-order chi connectivity index (χ1) is 16.5.